The van der Waals surface area contributed by atoms with E-state index in [2.05, 4.69) is 5.32 Å². The van der Waals surface area contributed by atoms with Gasteiger partial charge in [0.15, 0.2) is 29.1 Å². The van der Waals surface area contributed by atoms with Gasteiger partial charge in [0, 0.05) is 37.7 Å². The first-order valence-corrected chi connectivity index (χ1v) is 23.9. The highest BCUT2D eigenvalue weighted by Crippen LogP contribution is 2.64. The molecule has 1 unspecified atom stereocenters. The molecule has 4 aliphatic rings. The Morgan fingerprint density at radius 2 is 1.45 bits per heavy atom. The van der Waals surface area contributed by atoms with E-state index in [1.165, 1.54) is 26.0 Å². The number of aliphatic hydroxyl groups is 3. The number of Topliss-reactive ketones (excluding diaryl/α,β-unsaturated/α-hetero) is 1. The Kier molecular flexibility index (Phi) is 17.0. The smallest absolute Gasteiger partial charge is 0.338 e. The Labute approximate surface area is 425 Å². The summed E-state index contributed by atoms with van der Waals surface area (Å²) in [5.74, 6) is -8.53. The second kappa shape index (κ2) is 22.2. The van der Waals surface area contributed by atoms with Crippen molar-refractivity contribution in [3.63, 3.8) is 0 Å². The SMILES string of the molecule is CC(=O)O[C@H]1C(=O)[C@@]2(C)[C@H]([C@H](OC(=O)c3ccccc3)[C@]3(O)C[C@H](OC(=O)[C@H](O)[C@@H](NC(=O)c4ccccc4)c4ccccc4)C(C)=C1C3(C)C)[C@]1(OC(C)=O)CO[C@@H]1C[C@@H]2O.NCCCC(N)(C(=O)O)C(F)F. The summed E-state index contributed by atoms with van der Waals surface area (Å²) in [7, 11) is 0. The number of nitrogens with one attached hydrogen (secondary N) is 1. The van der Waals surface area contributed by atoms with E-state index >= 15 is 4.79 Å². The number of carboxylic acid groups (broad SMARTS) is 1. The molecule has 400 valence electrons. The van der Waals surface area contributed by atoms with Crippen LogP contribution < -0.4 is 16.8 Å². The van der Waals surface area contributed by atoms with Crippen molar-refractivity contribution in [3.05, 3.63) is 119 Å². The third kappa shape index (κ3) is 10.5. The quantitative estimate of drug-likeness (QED) is 0.0651. The Morgan fingerprint density at radius 1 is 0.878 bits per heavy atom. The zero-order chi connectivity index (χ0) is 54.7. The Morgan fingerprint density at radius 3 is 1.95 bits per heavy atom. The van der Waals surface area contributed by atoms with Crippen LogP contribution in [0.4, 0.5) is 8.78 Å². The van der Waals surface area contributed by atoms with Gasteiger partial charge >= 0.3 is 29.8 Å². The summed E-state index contributed by atoms with van der Waals surface area (Å²) in [6.45, 7) is 8.13. The number of rotatable bonds is 15. The normalized spacial score (nSPS) is 29.3. The summed E-state index contributed by atoms with van der Waals surface area (Å²) in [6, 6.07) is 22.9. The molecule has 3 aromatic rings. The molecule has 1 heterocycles. The van der Waals surface area contributed by atoms with Crippen molar-refractivity contribution in [3.8, 4) is 0 Å². The summed E-state index contributed by atoms with van der Waals surface area (Å²) in [4.78, 5) is 93.8. The Hall–Kier alpha value is -6.49. The molecule has 0 spiro atoms. The number of fused-ring (bicyclic) bond motifs is 5. The monoisotopic (exact) mass is 1040 g/mol. The van der Waals surface area contributed by atoms with Crippen LogP contribution in [0.15, 0.2) is 102 Å². The van der Waals surface area contributed by atoms with Gasteiger partial charge in [-0.1, -0.05) is 80.6 Å². The standard InChI is InChI=1S/C47H51NO14.C6H12F2N2O2/c1-25-31(60-43(56)36(52)35(28-16-10-7-11-17-28)48-41(54)29-18-12-8-13-19-29)23-47(57)40(61-42(55)30-20-14-9-15-21-30)38-45(6,32(51)22-33-46(38,24-58-33)62-27(3)50)39(53)37(59-26(2)49)34(25)44(47,4)5;7-4(8)6(10,5(11)12)2-1-3-9/h7-21,31-33,35-38,40,51-52,57H,22-24H2,1-6H3,(H,48,54);4H,1-3,9-10H2,(H,11,12)/t31-,32-,33+,35-,36+,37+,38-,40-,45+,46-,47+;/m0./s1. The Balaban J connectivity index is 0.000000660. The van der Waals surface area contributed by atoms with Crippen LogP contribution in [0.1, 0.15) is 99.5 Å². The van der Waals surface area contributed by atoms with Gasteiger partial charge in [0.1, 0.15) is 23.9 Å². The minimum absolute atomic E-state index is 0.00289. The predicted octanol–water partition coefficient (Wildman–Crippen LogP) is 3.51. The molecule has 1 saturated heterocycles. The molecule has 2 bridgehead atoms. The van der Waals surface area contributed by atoms with Crippen LogP contribution in [-0.2, 0) is 47.7 Å². The van der Waals surface area contributed by atoms with Crippen LogP contribution in [0.5, 0.6) is 0 Å². The van der Waals surface area contributed by atoms with E-state index in [0.717, 1.165) is 13.8 Å². The number of nitrogens with two attached hydrogens (primary N) is 2. The lowest BCUT2D eigenvalue weighted by molar-refractivity contribution is -0.346. The number of esters is 4. The fourth-order valence-corrected chi connectivity index (χ4v) is 10.9. The van der Waals surface area contributed by atoms with E-state index < -0.39 is 131 Å². The van der Waals surface area contributed by atoms with Gasteiger partial charge in [0.05, 0.1) is 35.6 Å². The van der Waals surface area contributed by atoms with E-state index in [-0.39, 0.29) is 54.7 Å². The summed E-state index contributed by atoms with van der Waals surface area (Å²) in [5.41, 5.74) is 0.543. The van der Waals surface area contributed by atoms with E-state index in [9.17, 15) is 52.9 Å². The lowest BCUT2D eigenvalue weighted by Gasteiger charge is -2.67. The maximum atomic E-state index is 15.5. The largest absolute Gasteiger partial charge is 0.480 e. The first kappa shape index (κ1) is 56.8. The molecular weight excluding hydrogens is 973 g/mol. The number of hydrogen-bond acceptors (Lipinski definition) is 17. The Bertz CT molecular complexity index is 2620. The van der Waals surface area contributed by atoms with Crippen molar-refractivity contribution in [2.24, 2.45) is 28.2 Å². The number of amides is 1. The average molecular weight is 1040 g/mol. The van der Waals surface area contributed by atoms with E-state index in [1.54, 1.807) is 92.7 Å². The second-order valence-electron chi connectivity index (χ2n) is 19.9. The summed E-state index contributed by atoms with van der Waals surface area (Å²) in [5, 5.41) is 48.6. The molecule has 12 atom stereocenters. The molecule has 19 nitrogen and oxygen atoms in total. The van der Waals surface area contributed by atoms with Gasteiger partial charge in [0.25, 0.3) is 12.3 Å². The number of aliphatic carboxylic acids is 1. The second-order valence-corrected chi connectivity index (χ2v) is 19.9. The molecule has 21 heteroatoms. The van der Waals surface area contributed by atoms with Crippen molar-refractivity contribution in [1.29, 1.82) is 0 Å². The number of aliphatic hydroxyl groups excluding tert-OH is 2. The third-order valence-electron chi connectivity index (χ3n) is 15.1. The fourth-order valence-electron chi connectivity index (χ4n) is 10.9. The first-order chi connectivity index (χ1) is 34.7. The van der Waals surface area contributed by atoms with E-state index in [0.29, 0.717) is 5.56 Å². The molecule has 7 rings (SSSR count). The lowest BCUT2D eigenvalue weighted by atomic mass is 9.44. The molecule has 3 aromatic carbocycles. The van der Waals surface area contributed by atoms with Crippen LogP contribution in [-0.4, -0.2) is 135 Å². The number of hydrogen-bond donors (Lipinski definition) is 7. The molecule has 2 saturated carbocycles. The van der Waals surface area contributed by atoms with Gasteiger partial charge in [-0.05, 0) is 74.2 Å². The van der Waals surface area contributed by atoms with Crippen molar-refractivity contribution in [1.82, 2.24) is 5.32 Å². The summed E-state index contributed by atoms with van der Waals surface area (Å²) in [6.07, 6.45) is -13.7. The van der Waals surface area contributed by atoms with Gasteiger partial charge in [-0.25, -0.2) is 23.2 Å². The molecule has 9 N–H and O–H groups in total. The summed E-state index contributed by atoms with van der Waals surface area (Å²) < 4.78 is 54.5. The van der Waals surface area contributed by atoms with E-state index in [4.69, 9.17) is 40.3 Å². The van der Waals surface area contributed by atoms with Crippen LogP contribution >= 0.6 is 0 Å². The van der Waals surface area contributed by atoms with Gasteiger partial charge < -0.3 is 60.9 Å². The molecule has 1 aliphatic heterocycles. The topological polar surface area (TPSA) is 311 Å². The first-order valence-electron chi connectivity index (χ1n) is 23.9. The zero-order valence-corrected chi connectivity index (χ0v) is 41.7. The zero-order valence-electron chi connectivity index (χ0n) is 41.7. The minimum Gasteiger partial charge on any atom is -0.480 e. The van der Waals surface area contributed by atoms with Crippen molar-refractivity contribution < 1.29 is 86.5 Å². The van der Waals surface area contributed by atoms with Gasteiger partial charge in [-0.2, -0.15) is 0 Å². The van der Waals surface area contributed by atoms with Crippen LogP contribution in [0, 0.1) is 16.7 Å². The molecule has 3 aliphatic carbocycles. The highest BCUT2D eigenvalue weighted by Gasteiger charge is 2.78. The molecule has 74 heavy (non-hydrogen) atoms. The van der Waals surface area contributed by atoms with Gasteiger partial charge in [-0.3, -0.25) is 19.2 Å². The molecule has 0 aromatic heterocycles. The third-order valence-corrected chi connectivity index (χ3v) is 15.1. The maximum Gasteiger partial charge on any atom is 0.338 e. The highest BCUT2D eigenvalue weighted by atomic mass is 19.3. The number of carboxylic acids is 1. The number of alkyl halides is 2. The number of halogens is 2. The predicted molar refractivity (Wildman–Crippen MR) is 257 cm³/mol. The van der Waals surface area contributed by atoms with Crippen LogP contribution in [0.25, 0.3) is 0 Å². The molecule has 1 amide bonds. The number of ketones is 1. The number of ether oxygens (including phenoxy) is 5. The number of carbonyl (C=O) groups is 7. The van der Waals surface area contributed by atoms with Crippen LogP contribution in [0.3, 0.4) is 0 Å². The fraction of sp³-hybridized carbons (Fsp3) is 0.491. The van der Waals surface area contributed by atoms with Gasteiger partial charge in [-0.15, -0.1) is 0 Å². The number of benzene rings is 3. The number of carbonyl (C=O) groups excluding carboxylic acids is 6. The molecule has 0 radical (unpaired) electrons. The van der Waals surface area contributed by atoms with Gasteiger partial charge in [0.2, 0.25) is 0 Å². The minimum atomic E-state index is -3.07. The van der Waals surface area contributed by atoms with Crippen molar-refractivity contribution >= 4 is 41.5 Å². The maximum absolute atomic E-state index is 15.5. The summed E-state index contributed by atoms with van der Waals surface area (Å²) >= 11 is 0. The van der Waals surface area contributed by atoms with Crippen molar-refractivity contribution in [2.45, 2.75) is 133 Å². The molecular formula is C53H63F2N3O16. The van der Waals surface area contributed by atoms with E-state index in [1.807, 2.05) is 0 Å². The van der Waals surface area contributed by atoms with Crippen LogP contribution in [0.2, 0.25) is 0 Å². The average Bonchev–Trinajstić information content (AvgIpc) is 3.36. The van der Waals surface area contributed by atoms with Crippen molar-refractivity contribution in [2.75, 3.05) is 13.2 Å². The lowest BCUT2D eigenvalue weighted by Crippen LogP contribution is -2.82. The highest BCUT2D eigenvalue weighted by molar-refractivity contribution is 5.96. The molecule has 3 fully saturated rings.